The van der Waals surface area contributed by atoms with Gasteiger partial charge in [0.15, 0.2) is 0 Å². The molecule has 2 N–H and O–H groups in total. The lowest BCUT2D eigenvalue weighted by atomic mass is 10.2. The average Bonchev–Trinajstić information content (AvgIpc) is 2.42. The van der Waals surface area contributed by atoms with Crippen LogP contribution in [0.2, 0.25) is 5.02 Å². The molecule has 0 aromatic heterocycles. The molecule has 5 heteroatoms. The van der Waals surface area contributed by atoms with Crippen molar-refractivity contribution in [3.63, 3.8) is 0 Å². The molecule has 0 aliphatic carbocycles. The maximum atomic E-state index is 11.7. The van der Waals surface area contributed by atoms with Crippen LogP contribution in [-0.2, 0) is 6.54 Å². The number of benzene rings is 2. The molecular weight excluding hydrogens is 328 g/mol. The highest BCUT2D eigenvalue weighted by molar-refractivity contribution is 9.10. The summed E-state index contributed by atoms with van der Waals surface area (Å²) in [5.41, 5.74) is 1.73. The summed E-state index contributed by atoms with van der Waals surface area (Å²) >= 11 is 9.19. The molecule has 19 heavy (non-hydrogen) atoms. The normalized spacial score (nSPS) is 10.0. The Hall–Kier alpha value is -1.52. The fourth-order valence-corrected chi connectivity index (χ4v) is 2.02. The van der Waals surface area contributed by atoms with Gasteiger partial charge in [-0.05, 0) is 39.7 Å². The Labute approximate surface area is 125 Å². The summed E-state index contributed by atoms with van der Waals surface area (Å²) < 4.78 is 0.745. The molecular formula is C14H12BrClN2O. The zero-order valence-electron chi connectivity index (χ0n) is 9.99. The van der Waals surface area contributed by atoms with Crippen molar-refractivity contribution in [3.05, 3.63) is 63.6 Å². The molecule has 3 nitrogen and oxygen atoms in total. The van der Waals surface area contributed by atoms with E-state index >= 15 is 0 Å². The standard InChI is InChI=1S/C14H12BrClN2O/c15-12-8-11(6-7-13(12)16)18-14(19)17-9-10-4-2-1-3-5-10/h1-8H,9H2,(H2,17,18,19). The molecule has 0 radical (unpaired) electrons. The first-order chi connectivity index (χ1) is 9.15. The van der Waals surface area contributed by atoms with E-state index in [1.54, 1.807) is 18.2 Å². The molecule has 2 amide bonds. The van der Waals surface area contributed by atoms with E-state index in [1.165, 1.54) is 0 Å². The van der Waals surface area contributed by atoms with Gasteiger partial charge in [-0.1, -0.05) is 41.9 Å². The van der Waals surface area contributed by atoms with Crippen molar-refractivity contribution in [3.8, 4) is 0 Å². The minimum Gasteiger partial charge on any atom is -0.334 e. The van der Waals surface area contributed by atoms with Crippen molar-refractivity contribution >= 4 is 39.2 Å². The van der Waals surface area contributed by atoms with E-state index in [0.29, 0.717) is 17.3 Å². The third-order valence-electron chi connectivity index (χ3n) is 2.47. The molecule has 2 aromatic rings. The maximum absolute atomic E-state index is 11.7. The van der Waals surface area contributed by atoms with Crippen LogP contribution in [0.3, 0.4) is 0 Å². The van der Waals surface area contributed by atoms with Gasteiger partial charge in [0, 0.05) is 16.7 Å². The van der Waals surface area contributed by atoms with Crippen molar-refractivity contribution < 1.29 is 4.79 Å². The van der Waals surface area contributed by atoms with Gasteiger partial charge in [-0.2, -0.15) is 0 Å². The SMILES string of the molecule is O=C(NCc1ccccc1)Nc1ccc(Cl)c(Br)c1. The number of carbonyl (C=O) groups is 1. The number of rotatable bonds is 3. The molecule has 0 unspecified atom stereocenters. The highest BCUT2D eigenvalue weighted by atomic mass is 79.9. The van der Waals surface area contributed by atoms with Gasteiger partial charge in [0.1, 0.15) is 0 Å². The summed E-state index contributed by atoms with van der Waals surface area (Å²) in [7, 11) is 0. The molecule has 0 heterocycles. The van der Waals surface area contributed by atoms with Crippen LogP contribution in [0, 0.1) is 0 Å². The lowest BCUT2D eigenvalue weighted by Gasteiger charge is -2.08. The van der Waals surface area contributed by atoms with Gasteiger partial charge in [0.05, 0.1) is 5.02 Å². The molecule has 0 aliphatic heterocycles. The van der Waals surface area contributed by atoms with E-state index in [9.17, 15) is 4.79 Å². The van der Waals surface area contributed by atoms with E-state index < -0.39 is 0 Å². The van der Waals surface area contributed by atoms with Crippen molar-refractivity contribution in [1.29, 1.82) is 0 Å². The first-order valence-corrected chi connectivity index (χ1v) is 6.86. The fraction of sp³-hybridized carbons (Fsp3) is 0.0714. The largest absolute Gasteiger partial charge is 0.334 e. The molecule has 2 rings (SSSR count). The summed E-state index contributed by atoms with van der Waals surface area (Å²) in [6.07, 6.45) is 0. The van der Waals surface area contributed by atoms with Crippen molar-refractivity contribution in [2.75, 3.05) is 5.32 Å². The second-order valence-electron chi connectivity index (χ2n) is 3.92. The van der Waals surface area contributed by atoms with E-state index in [2.05, 4.69) is 26.6 Å². The van der Waals surface area contributed by atoms with Gasteiger partial charge in [-0.25, -0.2) is 4.79 Å². The zero-order chi connectivity index (χ0) is 13.7. The number of urea groups is 1. The maximum Gasteiger partial charge on any atom is 0.319 e. The smallest absolute Gasteiger partial charge is 0.319 e. The Morgan fingerprint density at radius 3 is 2.58 bits per heavy atom. The van der Waals surface area contributed by atoms with Gasteiger partial charge < -0.3 is 10.6 Å². The van der Waals surface area contributed by atoms with Crippen molar-refractivity contribution in [2.45, 2.75) is 6.54 Å². The quantitative estimate of drug-likeness (QED) is 0.853. The lowest BCUT2D eigenvalue weighted by Crippen LogP contribution is -2.28. The Balaban J connectivity index is 1.89. The number of nitrogens with one attached hydrogen (secondary N) is 2. The van der Waals surface area contributed by atoms with E-state index in [4.69, 9.17) is 11.6 Å². The Bertz CT molecular complexity index is 575. The second kappa shape index (κ2) is 6.59. The van der Waals surface area contributed by atoms with Crippen LogP contribution >= 0.6 is 27.5 Å². The molecule has 0 aliphatic rings. The Morgan fingerprint density at radius 2 is 1.89 bits per heavy atom. The minimum absolute atomic E-state index is 0.252. The first kappa shape index (κ1) is 13.9. The molecule has 0 atom stereocenters. The third kappa shape index (κ3) is 4.26. The number of hydrogen-bond acceptors (Lipinski definition) is 1. The van der Waals surface area contributed by atoms with Gasteiger partial charge in [-0.3, -0.25) is 0 Å². The van der Waals surface area contributed by atoms with E-state index in [1.807, 2.05) is 30.3 Å². The molecule has 2 aromatic carbocycles. The topological polar surface area (TPSA) is 41.1 Å². The summed E-state index contributed by atoms with van der Waals surface area (Å²) in [6, 6.07) is 14.7. The monoisotopic (exact) mass is 338 g/mol. The predicted octanol–water partition coefficient (Wildman–Crippen LogP) is 4.42. The van der Waals surface area contributed by atoms with Crippen LogP contribution in [-0.4, -0.2) is 6.03 Å². The van der Waals surface area contributed by atoms with Gasteiger partial charge >= 0.3 is 6.03 Å². The van der Waals surface area contributed by atoms with Crippen LogP contribution in [0.5, 0.6) is 0 Å². The minimum atomic E-state index is -0.252. The fourth-order valence-electron chi connectivity index (χ4n) is 1.53. The van der Waals surface area contributed by atoms with Gasteiger partial charge in [0.25, 0.3) is 0 Å². The molecule has 0 spiro atoms. The number of amides is 2. The number of carbonyl (C=O) groups excluding carboxylic acids is 1. The molecule has 98 valence electrons. The van der Waals surface area contributed by atoms with Crippen molar-refractivity contribution in [2.24, 2.45) is 0 Å². The third-order valence-corrected chi connectivity index (χ3v) is 3.69. The molecule has 0 saturated carbocycles. The summed E-state index contributed by atoms with van der Waals surface area (Å²) in [5.74, 6) is 0. The first-order valence-electron chi connectivity index (χ1n) is 5.69. The van der Waals surface area contributed by atoms with E-state index in [0.717, 1.165) is 10.0 Å². The average molecular weight is 340 g/mol. The number of halogens is 2. The highest BCUT2D eigenvalue weighted by Gasteiger charge is 2.03. The summed E-state index contributed by atoms with van der Waals surface area (Å²) in [6.45, 7) is 0.488. The predicted molar refractivity (Wildman–Crippen MR) is 81.5 cm³/mol. The van der Waals surface area contributed by atoms with Crippen LogP contribution in [0.1, 0.15) is 5.56 Å². The number of anilines is 1. The van der Waals surface area contributed by atoms with Gasteiger partial charge in [0.2, 0.25) is 0 Å². The van der Waals surface area contributed by atoms with Crippen LogP contribution in [0.4, 0.5) is 10.5 Å². The van der Waals surface area contributed by atoms with Crippen molar-refractivity contribution in [1.82, 2.24) is 5.32 Å². The summed E-state index contributed by atoms with van der Waals surface area (Å²) in [4.78, 5) is 11.7. The summed E-state index contributed by atoms with van der Waals surface area (Å²) in [5, 5.41) is 6.13. The van der Waals surface area contributed by atoms with Crippen LogP contribution < -0.4 is 10.6 Å². The molecule has 0 saturated heterocycles. The zero-order valence-corrected chi connectivity index (χ0v) is 12.3. The number of hydrogen-bond donors (Lipinski definition) is 2. The second-order valence-corrected chi connectivity index (χ2v) is 5.18. The Morgan fingerprint density at radius 1 is 1.16 bits per heavy atom. The van der Waals surface area contributed by atoms with Crippen LogP contribution in [0.25, 0.3) is 0 Å². The lowest BCUT2D eigenvalue weighted by molar-refractivity contribution is 0.251. The molecule has 0 fully saturated rings. The van der Waals surface area contributed by atoms with E-state index in [-0.39, 0.29) is 6.03 Å². The Kier molecular flexibility index (Phi) is 4.82. The molecule has 0 bridgehead atoms. The highest BCUT2D eigenvalue weighted by Crippen LogP contribution is 2.25. The van der Waals surface area contributed by atoms with Gasteiger partial charge in [-0.15, -0.1) is 0 Å². The van der Waals surface area contributed by atoms with Crippen LogP contribution in [0.15, 0.2) is 53.0 Å².